The molecule has 1 aromatic carbocycles. The van der Waals surface area contributed by atoms with E-state index in [1.54, 1.807) is 7.11 Å². The summed E-state index contributed by atoms with van der Waals surface area (Å²) in [5, 5.41) is 0. The number of methoxy groups -OCH3 is 1. The highest BCUT2D eigenvalue weighted by Crippen LogP contribution is 2.56. The fraction of sp³-hybridized carbons (Fsp3) is 0.550. The van der Waals surface area contributed by atoms with Crippen molar-refractivity contribution in [3.05, 3.63) is 35.4 Å². The molecule has 1 unspecified atom stereocenters. The third-order valence-corrected chi connectivity index (χ3v) is 6.18. The number of fused-ring (bicyclic) bond motifs is 2. The van der Waals surface area contributed by atoms with Gasteiger partial charge in [0.2, 0.25) is 0 Å². The minimum atomic E-state index is -0.338. The summed E-state index contributed by atoms with van der Waals surface area (Å²) in [6.45, 7) is 4.40. The van der Waals surface area contributed by atoms with Crippen LogP contribution in [0.3, 0.4) is 0 Å². The monoisotopic (exact) mass is 312 g/mol. The molecule has 0 aromatic heterocycles. The van der Waals surface area contributed by atoms with Crippen LogP contribution in [0, 0.1) is 17.8 Å². The number of ketones is 1. The van der Waals surface area contributed by atoms with Gasteiger partial charge in [-0.2, -0.15) is 0 Å². The van der Waals surface area contributed by atoms with Crippen molar-refractivity contribution < 1.29 is 14.3 Å². The number of Topliss-reactive ketones (excluding diaryl/α,β-unsaturated/α-hetero) is 1. The molecule has 1 saturated carbocycles. The zero-order valence-electron chi connectivity index (χ0n) is 14.1. The van der Waals surface area contributed by atoms with Gasteiger partial charge in [-0.05, 0) is 56.7 Å². The van der Waals surface area contributed by atoms with Gasteiger partial charge in [0, 0.05) is 5.92 Å². The Kier molecular flexibility index (Phi) is 3.29. The SMILES string of the molecule is COc1ccc2c(c1)C(=O)[C@@H]1[C@@H](C)CC[C@]1(C1CCC=C1C)O2. The number of ether oxygens (including phenoxy) is 2. The molecule has 3 aliphatic rings. The van der Waals surface area contributed by atoms with Crippen LogP contribution >= 0.6 is 0 Å². The summed E-state index contributed by atoms with van der Waals surface area (Å²) >= 11 is 0. The Morgan fingerprint density at radius 2 is 2.13 bits per heavy atom. The smallest absolute Gasteiger partial charge is 0.174 e. The third kappa shape index (κ3) is 1.98. The van der Waals surface area contributed by atoms with Gasteiger partial charge < -0.3 is 9.47 Å². The quantitative estimate of drug-likeness (QED) is 0.759. The fourth-order valence-corrected chi connectivity index (χ4v) is 5.08. The van der Waals surface area contributed by atoms with Crippen molar-refractivity contribution in [3.8, 4) is 11.5 Å². The maximum Gasteiger partial charge on any atom is 0.174 e. The van der Waals surface area contributed by atoms with E-state index in [9.17, 15) is 4.79 Å². The average Bonchev–Trinajstić information content (AvgIpc) is 3.12. The van der Waals surface area contributed by atoms with Crippen LogP contribution in [0.4, 0.5) is 0 Å². The van der Waals surface area contributed by atoms with Gasteiger partial charge >= 0.3 is 0 Å². The lowest BCUT2D eigenvalue weighted by molar-refractivity contribution is -0.0224. The molecule has 0 spiro atoms. The zero-order chi connectivity index (χ0) is 16.2. The molecule has 1 aromatic rings. The lowest BCUT2D eigenvalue weighted by Crippen LogP contribution is -2.53. The van der Waals surface area contributed by atoms with E-state index >= 15 is 0 Å². The molecule has 0 saturated heterocycles. The number of rotatable bonds is 2. The lowest BCUT2D eigenvalue weighted by atomic mass is 9.69. The van der Waals surface area contributed by atoms with Gasteiger partial charge in [0.25, 0.3) is 0 Å². The fourth-order valence-electron chi connectivity index (χ4n) is 5.08. The van der Waals surface area contributed by atoms with Crippen molar-refractivity contribution in [3.63, 3.8) is 0 Å². The molecule has 4 rings (SSSR count). The van der Waals surface area contributed by atoms with E-state index in [2.05, 4.69) is 19.9 Å². The third-order valence-electron chi connectivity index (χ3n) is 6.18. The predicted octanol–water partition coefficient (Wildman–Crippen LogP) is 4.41. The molecule has 3 heteroatoms. The van der Waals surface area contributed by atoms with Gasteiger partial charge in [0.05, 0.1) is 18.6 Å². The van der Waals surface area contributed by atoms with Crippen LogP contribution in [0.25, 0.3) is 0 Å². The predicted molar refractivity (Wildman–Crippen MR) is 89.1 cm³/mol. The van der Waals surface area contributed by atoms with Crippen LogP contribution in [0.2, 0.25) is 0 Å². The highest BCUT2D eigenvalue weighted by Gasteiger charge is 2.60. The molecule has 3 nitrogen and oxygen atoms in total. The Morgan fingerprint density at radius 1 is 1.30 bits per heavy atom. The summed E-state index contributed by atoms with van der Waals surface area (Å²) in [7, 11) is 1.63. The minimum absolute atomic E-state index is 0.0337. The number of hydrogen-bond acceptors (Lipinski definition) is 3. The highest BCUT2D eigenvalue weighted by molar-refractivity contribution is 6.03. The first-order valence-corrected chi connectivity index (χ1v) is 8.65. The molecular formula is C20H24O3. The van der Waals surface area contributed by atoms with Crippen LogP contribution in [0.5, 0.6) is 11.5 Å². The molecule has 1 fully saturated rings. The molecule has 4 atom stereocenters. The second-order valence-corrected chi connectivity index (χ2v) is 7.36. The van der Waals surface area contributed by atoms with Crippen molar-refractivity contribution in [1.82, 2.24) is 0 Å². The first-order chi connectivity index (χ1) is 11.1. The Balaban J connectivity index is 1.83. The molecule has 2 aliphatic carbocycles. The topological polar surface area (TPSA) is 35.5 Å². The van der Waals surface area contributed by atoms with Gasteiger partial charge in [0.15, 0.2) is 5.78 Å². The second kappa shape index (κ2) is 5.12. The molecule has 122 valence electrons. The maximum absolute atomic E-state index is 13.3. The van der Waals surface area contributed by atoms with Crippen molar-refractivity contribution >= 4 is 5.78 Å². The summed E-state index contributed by atoms with van der Waals surface area (Å²) in [4.78, 5) is 13.3. The largest absolute Gasteiger partial charge is 0.497 e. The van der Waals surface area contributed by atoms with E-state index in [1.165, 1.54) is 5.57 Å². The lowest BCUT2D eigenvalue weighted by Gasteiger charge is -2.45. The molecule has 0 bridgehead atoms. The average molecular weight is 312 g/mol. The van der Waals surface area contributed by atoms with E-state index in [0.717, 1.165) is 37.2 Å². The first kappa shape index (κ1) is 14.8. The molecule has 1 heterocycles. The summed E-state index contributed by atoms with van der Waals surface area (Å²) in [5.41, 5.74) is 1.75. The highest BCUT2D eigenvalue weighted by atomic mass is 16.5. The summed E-state index contributed by atoms with van der Waals surface area (Å²) in [5.74, 6) is 2.41. The molecule has 0 radical (unpaired) electrons. The number of carbonyl (C=O) groups is 1. The summed E-state index contributed by atoms with van der Waals surface area (Å²) < 4.78 is 11.9. The standard InChI is InChI=1S/C20H24O3/c1-12-5-4-6-16(12)20-10-9-13(2)18(20)19(21)15-11-14(22-3)7-8-17(15)23-20/h5,7-8,11,13,16,18H,4,6,9-10H2,1-3H3/t13-,16?,18-,20+/m0/s1. The van der Waals surface area contributed by atoms with E-state index in [0.29, 0.717) is 17.4 Å². The van der Waals surface area contributed by atoms with Crippen molar-refractivity contribution in [2.24, 2.45) is 17.8 Å². The van der Waals surface area contributed by atoms with Crippen LogP contribution < -0.4 is 9.47 Å². The van der Waals surface area contributed by atoms with Crippen LogP contribution in [-0.2, 0) is 0 Å². The molecule has 1 aliphatic heterocycles. The Hall–Kier alpha value is -1.77. The minimum Gasteiger partial charge on any atom is -0.497 e. The zero-order valence-corrected chi connectivity index (χ0v) is 14.1. The molecule has 0 N–H and O–H groups in total. The summed E-state index contributed by atoms with van der Waals surface area (Å²) in [6.07, 6.45) is 6.56. The van der Waals surface area contributed by atoms with Gasteiger partial charge in [-0.15, -0.1) is 0 Å². The number of carbonyl (C=O) groups excluding carboxylic acids is 1. The Bertz CT molecular complexity index is 690. The Morgan fingerprint density at radius 3 is 2.83 bits per heavy atom. The van der Waals surface area contributed by atoms with E-state index < -0.39 is 0 Å². The van der Waals surface area contributed by atoms with Gasteiger partial charge in [-0.25, -0.2) is 0 Å². The van der Waals surface area contributed by atoms with Crippen LogP contribution in [0.1, 0.15) is 49.9 Å². The molecule has 0 amide bonds. The number of hydrogen-bond donors (Lipinski definition) is 0. The number of benzene rings is 1. The number of allylic oxidation sites excluding steroid dienone is 1. The first-order valence-electron chi connectivity index (χ1n) is 8.65. The van der Waals surface area contributed by atoms with Gasteiger partial charge in [-0.1, -0.05) is 18.6 Å². The van der Waals surface area contributed by atoms with Gasteiger partial charge in [0.1, 0.15) is 17.1 Å². The van der Waals surface area contributed by atoms with E-state index in [1.807, 2.05) is 18.2 Å². The molecule has 23 heavy (non-hydrogen) atoms. The van der Waals surface area contributed by atoms with Gasteiger partial charge in [-0.3, -0.25) is 4.79 Å². The van der Waals surface area contributed by atoms with Crippen molar-refractivity contribution in [2.45, 2.75) is 45.1 Å². The van der Waals surface area contributed by atoms with Crippen LogP contribution in [-0.4, -0.2) is 18.5 Å². The van der Waals surface area contributed by atoms with Crippen LogP contribution in [0.15, 0.2) is 29.8 Å². The van der Waals surface area contributed by atoms with E-state index in [4.69, 9.17) is 9.47 Å². The van der Waals surface area contributed by atoms with Crippen molar-refractivity contribution in [2.75, 3.05) is 7.11 Å². The maximum atomic E-state index is 13.3. The Labute approximate surface area is 137 Å². The second-order valence-electron chi connectivity index (χ2n) is 7.36. The van der Waals surface area contributed by atoms with E-state index in [-0.39, 0.29) is 17.3 Å². The normalized spacial score (nSPS) is 35.3. The summed E-state index contributed by atoms with van der Waals surface area (Å²) in [6, 6.07) is 5.63. The van der Waals surface area contributed by atoms with Crippen molar-refractivity contribution in [1.29, 1.82) is 0 Å². The molecular weight excluding hydrogens is 288 g/mol.